The van der Waals surface area contributed by atoms with Crippen LogP contribution in [0.15, 0.2) is 76.3 Å². The number of amides is 1. The average molecular weight is 433 g/mol. The molecular formula is C25H28N4O3. The van der Waals surface area contributed by atoms with Gasteiger partial charge in [-0.2, -0.15) is 0 Å². The third-order valence-corrected chi connectivity index (χ3v) is 5.20. The minimum atomic E-state index is -0.278. The van der Waals surface area contributed by atoms with E-state index in [1.54, 1.807) is 19.2 Å². The Morgan fingerprint density at radius 1 is 1.06 bits per heavy atom. The molecular weight excluding hydrogens is 404 g/mol. The molecule has 0 aliphatic heterocycles. The Kier molecular flexibility index (Phi) is 7.07. The van der Waals surface area contributed by atoms with E-state index in [-0.39, 0.29) is 11.7 Å². The number of carbonyl (C=O) groups is 1. The zero-order chi connectivity index (χ0) is 22.2. The van der Waals surface area contributed by atoms with Gasteiger partial charge < -0.3 is 25.1 Å². The summed E-state index contributed by atoms with van der Waals surface area (Å²) in [6, 6.07) is 19.1. The first-order valence-corrected chi connectivity index (χ1v) is 10.8. The number of nitrogens with one attached hydrogen (secondary N) is 3. The molecule has 1 aliphatic carbocycles. The topological polar surface area (TPSA) is 87.9 Å². The first-order valence-electron chi connectivity index (χ1n) is 10.8. The van der Waals surface area contributed by atoms with Crippen LogP contribution in [-0.4, -0.2) is 25.5 Å². The number of anilines is 1. The highest BCUT2D eigenvalue weighted by atomic mass is 16.5. The maximum Gasteiger partial charge on any atom is 0.291 e. The largest absolute Gasteiger partial charge is 0.493 e. The second-order valence-corrected chi connectivity index (χ2v) is 7.77. The van der Waals surface area contributed by atoms with Crippen molar-refractivity contribution >= 4 is 17.6 Å². The lowest BCUT2D eigenvalue weighted by atomic mass is 10.2. The van der Waals surface area contributed by atoms with Gasteiger partial charge in [0.25, 0.3) is 5.91 Å². The summed E-state index contributed by atoms with van der Waals surface area (Å²) >= 11 is 0. The molecule has 1 aliphatic rings. The SMILES string of the molecule is CN=C(NCc1cccc(NC(=O)c2ccco2)c1)NCc1ccccc1OCC1CC1. The van der Waals surface area contributed by atoms with Crippen molar-refractivity contribution in [3.8, 4) is 5.75 Å². The van der Waals surface area contributed by atoms with Crippen LogP contribution in [0.1, 0.15) is 34.5 Å². The van der Waals surface area contributed by atoms with Crippen molar-refractivity contribution in [2.45, 2.75) is 25.9 Å². The lowest BCUT2D eigenvalue weighted by Crippen LogP contribution is -2.36. The van der Waals surface area contributed by atoms with Crippen molar-refractivity contribution < 1.29 is 13.9 Å². The number of aliphatic imine (C=N–C) groups is 1. The smallest absolute Gasteiger partial charge is 0.291 e. The molecule has 4 rings (SSSR count). The first-order chi connectivity index (χ1) is 15.7. The lowest BCUT2D eigenvalue weighted by molar-refractivity contribution is 0.0996. The number of hydrogen-bond donors (Lipinski definition) is 3. The van der Waals surface area contributed by atoms with Gasteiger partial charge in [-0.3, -0.25) is 9.79 Å². The van der Waals surface area contributed by atoms with Crippen molar-refractivity contribution in [1.29, 1.82) is 0 Å². The quantitative estimate of drug-likeness (QED) is 0.349. The number of carbonyl (C=O) groups excluding carboxylic acids is 1. The lowest BCUT2D eigenvalue weighted by Gasteiger charge is -2.15. The second kappa shape index (κ2) is 10.5. The fourth-order valence-electron chi connectivity index (χ4n) is 3.23. The van der Waals surface area contributed by atoms with Crippen molar-refractivity contribution in [2.24, 2.45) is 10.9 Å². The van der Waals surface area contributed by atoms with E-state index in [1.807, 2.05) is 42.5 Å². The monoisotopic (exact) mass is 432 g/mol. The fraction of sp³-hybridized carbons (Fsp3) is 0.280. The summed E-state index contributed by atoms with van der Waals surface area (Å²) in [4.78, 5) is 16.5. The molecule has 1 saturated carbocycles. The number of rotatable bonds is 9. The molecule has 1 fully saturated rings. The minimum absolute atomic E-state index is 0.277. The summed E-state index contributed by atoms with van der Waals surface area (Å²) in [5, 5.41) is 9.50. The normalized spacial score (nSPS) is 13.5. The maximum absolute atomic E-state index is 12.2. The molecule has 0 saturated heterocycles. The Morgan fingerprint density at radius 2 is 1.91 bits per heavy atom. The van der Waals surface area contributed by atoms with Gasteiger partial charge in [-0.15, -0.1) is 0 Å². The molecule has 1 heterocycles. The number of ether oxygens (including phenoxy) is 1. The summed E-state index contributed by atoms with van der Waals surface area (Å²) in [6.45, 7) is 1.96. The molecule has 32 heavy (non-hydrogen) atoms. The Morgan fingerprint density at radius 3 is 2.69 bits per heavy atom. The molecule has 166 valence electrons. The van der Waals surface area contributed by atoms with E-state index in [1.165, 1.54) is 19.1 Å². The van der Waals surface area contributed by atoms with Gasteiger partial charge in [0.2, 0.25) is 0 Å². The van der Waals surface area contributed by atoms with Crippen LogP contribution in [0.3, 0.4) is 0 Å². The Hall–Kier alpha value is -3.74. The highest BCUT2D eigenvalue weighted by molar-refractivity contribution is 6.02. The predicted molar refractivity (Wildman–Crippen MR) is 125 cm³/mol. The van der Waals surface area contributed by atoms with E-state index in [0.717, 1.165) is 23.5 Å². The molecule has 0 radical (unpaired) electrons. The minimum Gasteiger partial charge on any atom is -0.493 e. The molecule has 3 N–H and O–H groups in total. The Balaban J connectivity index is 1.29. The summed E-state index contributed by atoms with van der Waals surface area (Å²) in [7, 11) is 1.74. The van der Waals surface area contributed by atoms with E-state index >= 15 is 0 Å². The Labute approximate surface area is 187 Å². The van der Waals surface area contributed by atoms with E-state index in [4.69, 9.17) is 9.15 Å². The summed E-state index contributed by atoms with van der Waals surface area (Å²) < 4.78 is 11.1. The number of hydrogen-bond acceptors (Lipinski definition) is 4. The van der Waals surface area contributed by atoms with Gasteiger partial charge >= 0.3 is 0 Å². The average Bonchev–Trinajstić information content (AvgIpc) is 3.48. The standard InChI is InChI=1S/C25H28N4O3/c1-26-25(28-16-20-7-2-3-9-22(20)32-17-18-11-12-18)27-15-19-6-4-8-21(14-19)29-24(30)23-10-5-13-31-23/h2-10,13-14,18H,11-12,15-17H2,1H3,(H,29,30)(H2,26,27,28). The van der Waals surface area contributed by atoms with Gasteiger partial charge in [0, 0.05) is 31.4 Å². The van der Waals surface area contributed by atoms with Crippen LogP contribution < -0.4 is 20.7 Å². The van der Waals surface area contributed by atoms with Crippen LogP contribution in [0.25, 0.3) is 0 Å². The van der Waals surface area contributed by atoms with Gasteiger partial charge in [-0.25, -0.2) is 0 Å². The van der Waals surface area contributed by atoms with Crippen molar-refractivity contribution in [3.63, 3.8) is 0 Å². The molecule has 1 aromatic heterocycles. The van der Waals surface area contributed by atoms with Crippen LogP contribution in [0.4, 0.5) is 5.69 Å². The maximum atomic E-state index is 12.2. The van der Waals surface area contributed by atoms with Crippen LogP contribution in [0.2, 0.25) is 0 Å². The molecule has 1 amide bonds. The molecule has 0 bridgehead atoms. The molecule has 7 nitrogen and oxygen atoms in total. The molecule has 0 spiro atoms. The number of para-hydroxylation sites is 1. The zero-order valence-electron chi connectivity index (χ0n) is 18.1. The van der Waals surface area contributed by atoms with Gasteiger partial charge in [-0.05, 0) is 54.7 Å². The van der Waals surface area contributed by atoms with Gasteiger partial charge in [0.1, 0.15) is 5.75 Å². The predicted octanol–water partition coefficient (Wildman–Crippen LogP) is 4.19. The summed E-state index contributed by atoms with van der Waals surface area (Å²) in [6.07, 6.45) is 4.01. The third kappa shape index (κ3) is 6.14. The van der Waals surface area contributed by atoms with Crippen LogP contribution in [0, 0.1) is 5.92 Å². The number of benzene rings is 2. The van der Waals surface area contributed by atoms with Gasteiger partial charge in [-0.1, -0.05) is 30.3 Å². The Bertz CT molecular complexity index is 1060. The molecule has 0 unspecified atom stereocenters. The van der Waals surface area contributed by atoms with Crippen LogP contribution >= 0.6 is 0 Å². The third-order valence-electron chi connectivity index (χ3n) is 5.20. The van der Waals surface area contributed by atoms with Gasteiger partial charge in [0.05, 0.1) is 12.9 Å². The van der Waals surface area contributed by atoms with E-state index in [9.17, 15) is 4.79 Å². The first kappa shape index (κ1) is 21.5. The van der Waals surface area contributed by atoms with Crippen LogP contribution in [-0.2, 0) is 13.1 Å². The fourth-order valence-corrected chi connectivity index (χ4v) is 3.23. The summed E-state index contributed by atoms with van der Waals surface area (Å²) in [5.41, 5.74) is 2.81. The number of nitrogens with zero attached hydrogens (tertiary/aromatic N) is 1. The van der Waals surface area contributed by atoms with Crippen molar-refractivity contribution in [1.82, 2.24) is 10.6 Å². The second-order valence-electron chi connectivity index (χ2n) is 7.77. The number of furan rings is 1. The summed E-state index contributed by atoms with van der Waals surface area (Å²) in [5.74, 6) is 2.32. The van der Waals surface area contributed by atoms with Crippen molar-refractivity contribution in [3.05, 3.63) is 83.8 Å². The number of guanidine groups is 1. The molecule has 2 aromatic carbocycles. The highest BCUT2D eigenvalue weighted by Crippen LogP contribution is 2.30. The van der Waals surface area contributed by atoms with Crippen LogP contribution in [0.5, 0.6) is 5.75 Å². The molecule has 0 atom stereocenters. The van der Waals surface area contributed by atoms with E-state index in [0.29, 0.717) is 30.7 Å². The van der Waals surface area contributed by atoms with Gasteiger partial charge in [0.15, 0.2) is 11.7 Å². The molecule has 7 heteroatoms. The highest BCUT2D eigenvalue weighted by Gasteiger charge is 2.22. The van der Waals surface area contributed by atoms with E-state index in [2.05, 4.69) is 27.0 Å². The zero-order valence-corrected chi connectivity index (χ0v) is 18.1. The van der Waals surface area contributed by atoms with Crippen molar-refractivity contribution in [2.75, 3.05) is 19.0 Å². The molecule has 3 aromatic rings. The van der Waals surface area contributed by atoms with E-state index < -0.39 is 0 Å².